The first-order chi connectivity index (χ1) is 7.78. The van der Waals surface area contributed by atoms with Crippen molar-refractivity contribution in [3.63, 3.8) is 0 Å². The van der Waals surface area contributed by atoms with Gasteiger partial charge in [0.25, 0.3) is 0 Å². The number of amides is 1. The Hall–Kier alpha value is -2.18. The molecule has 0 aliphatic heterocycles. The third-order valence-electron chi connectivity index (χ3n) is 1.52. The van der Waals surface area contributed by atoms with E-state index in [4.69, 9.17) is 9.84 Å². The van der Waals surface area contributed by atoms with Crippen LogP contribution in [0.4, 0.5) is 10.6 Å². The molecule has 1 rings (SSSR count). The summed E-state index contributed by atoms with van der Waals surface area (Å²) in [5, 5.41) is 11.0. The summed E-state index contributed by atoms with van der Waals surface area (Å²) in [6.45, 7) is 5.15. The Kier molecular flexibility index (Phi) is 3.62. The number of aromatic carboxylic acids is 1. The highest BCUT2D eigenvalue weighted by molar-refractivity contribution is 5.88. The van der Waals surface area contributed by atoms with Crippen molar-refractivity contribution in [2.75, 3.05) is 5.32 Å². The maximum atomic E-state index is 11.4. The van der Waals surface area contributed by atoms with E-state index in [-0.39, 0.29) is 11.5 Å². The van der Waals surface area contributed by atoms with Gasteiger partial charge in [-0.2, -0.15) is 0 Å². The Labute approximate surface area is 97.8 Å². The van der Waals surface area contributed by atoms with Crippen molar-refractivity contribution in [1.82, 2.24) is 9.97 Å². The lowest BCUT2D eigenvalue weighted by atomic mass is 10.2. The van der Waals surface area contributed by atoms with Gasteiger partial charge in [-0.3, -0.25) is 5.32 Å². The van der Waals surface area contributed by atoms with Crippen molar-refractivity contribution >= 4 is 17.9 Å². The molecule has 0 saturated heterocycles. The van der Waals surface area contributed by atoms with Gasteiger partial charge >= 0.3 is 12.1 Å². The van der Waals surface area contributed by atoms with Gasteiger partial charge in [0.1, 0.15) is 17.7 Å². The van der Waals surface area contributed by atoms with Gasteiger partial charge in [0.2, 0.25) is 0 Å². The predicted molar refractivity (Wildman–Crippen MR) is 58.8 cm³/mol. The summed E-state index contributed by atoms with van der Waals surface area (Å²) >= 11 is 0. The molecule has 7 nitrogen and oxygen atoms in total. The van der Waals surface area contributed by atoms with Gasteiger partial charge in [-0.1, -0.05) is 0 Å². The molecule has 1 amide bonds. The van der Waals surface area contributed by atoms with Crippen LogP contribution in [0.1, 0.15) is 31.3 Å². The van der Waals surface area contributed by atoms with Crippen LogP contribution in [0.15, 0.2) is 12.4 Å². The van der Waals surface area contributed by atoms with Crippen LogP contribution < -0.4 is 5.32 Å². The molecule has 92 valence electrons. The molecule has 0 aliphatic rings. The molecular formula is C10H13N3O4. The molecule has 0 bridgehead atoms. The van der Waals surface area contributed by atoms with Gasteiger partial charge in [-0.05, 0) is 20.8 Å². The third-order valence-corrected chi connectivity index (χ3v) is 1.52. The standard InChI is InChI=1S/C10H13N3O4/c1-10(2,3)17-9(16)13-7-4-6(8(14)15)11-5-12-7/h4-5H,1-3H3,(H,14,15)(H,11,12,13,16). The summed E-state index contributed by atoms with van der Waals surface area (Å²) in [4.78, 5) is 29.2. The minimum Gasteiger partial charge on any atom is -0.477 e. The van der Waals surface area contributed by atoms with Crippen LogP contribution in [0.2, 0.25) is 0 Å². The van der Waals surface area contributed by atoms with Gasteiger partial charge in [-0.25, -0.2) is 19.6 Å². The smallest absolute Gasteiger partial charge is 0.413 e. The van der Waals surface area contributed by atoms with Crippen molar-refractivity contribution < 1.29 is 19.4 Å². The molecule has 0 unspecified atom stereocenters. The zero-order valence-corrected chi connectivity index (χ0v) is 9.72. The number of nitrogens with one attached hydrogen (secondary N) is 1. The first-order valence-electron chi connectivity index (χ1n) is 4.83. The zero-order chi connectivity index (χ0) is 13.1. The van der Waals surface area contributed by atoms with E-state index in [0.29, 0.717) is 0 Å². The fourth-order valence-electron chi connectivity index (χ4n) is 0.951. The fourth-order valence-corrected chi connectivity index (χ4v) is 0.951. The lowest BCUT2D eigenvalue weighted by molar-refractivity contribution is 0.0631. The van der Waals surface area contributed by atoms with Crippen LogP contribution in [0, 0.1) is 0 Å². The highest BCUT2D eigenvalue weighted by Gasteiger charge is 2.17. The predicted octanol–water partition coefficient (Wildman–Crippen LogP) is 1.52. The fraction of sp³-hybridized carbons (Fsp3) is 0.400. The Morgan fingerprint density at radius 3 is 2.53 bits per heavy atom. The van der Waals surface area contributed by atoms with Gasteiger partial charge in [-0.15, -0.1) is 0 Å². The monoisotopic (exact) mass is 239 g/mol. The van der Waals surface area contributed by atoms with Crippen LogP contribution in [0.3, 0.4) is 0 Å². The second-order valence-corrected chi connectivity index (χ2v) is 4.22. The number of carboxylic acids is 1. The maximum Gasteiger partial charge on any atom is 0.413 e. The van der Waals surface area contributed by atoms with Gasteiger partial charge in [0, 0.05) is 6.07 Å². The van der Waals surface area contributed by atoms with Gasteiger partial charge in [0.15, 0.2) is 5.69 Å². The van der Waals surface area contributed by atoms with Crippen LogP contribution in [-0.2, 0) is 4.74 Å². The van der Waals surface area contributed by atoms with E-state index >= 15 is 0 Å². The second-order valence-electron chi connectivity index (χ2n) is 4.22. The Bertz CT molecular complexity index is 439. The van der Waals surface area contributed by atoms with Crippen molar-refractivity contribution in [2.24, 2.45) is 0 Å². The topological polar surface area (TPSA) is 101 Å². The third kappa shape index (κ3) is 4.45. The molecule has 0 fully saturated rings. The summed E-state index contributed by atoms with van der Waals surface area (Å²) in [7, 11) is 0. The normalized spacial score (nSPS) is 10.8. The molecule has 1 aromatic heterocycles. The van der Waals surface area contributed by atoms with E-state index in [1.807, 2.05) is 0 Å². The van der Waals surface area contributed by atoms with E-state index in [1.165, 1.54) is 0 Å². The van der Waals surface area contributed by atoms with E-state index < -0.39 is 17.7 Å². The largest absolute Gasteiger partial charge is 0.477 e. The van der Waals surface area contributed by atoms with Crippen LogP contribution in [-0.4, -0.2) is 32.7 Å². The molecule has 17 heavy (non-hydrogen) atoms. The van der Waals surface area contributed by atoms with E-state index in [0.717, 1.165) is 12.4 Å². The number of aromatic nitrogens is 2. The van der Waals surface area contributed by atoms with Gasteiger partial charge < -0.3 is 9.84 Å². The molecular weight excluding hydrogens is 226 g/mol. The minimum atomic E-state index is -1.19. The first kappa shape index (κ1) is 12.9. The van der Waals surface area contributed by atoms with Crippen LogP contribution in [0.5, 0.6) is 0 Å². The molecule has 0 aliphatic carbocycles. The molecule has 0 atom stereocenters. The maximum absolute atomic E-state index is 11.4. The summed E-state index contributed by atoms with van der Waals surface area (Å²) in [5.74, 6) is -1.12. The molecule has 2 N–H and O–H groups in total. The van der Waals surface area contributed by atoms with E-state index in [9.17, 15) is 9.59 Å². The molecule has 0 spiro atoms. The Balaban J connectivity index is 2.72. The minimum absolute atomic E-state index is 0.0756. The highest BCUT2D eigenvalue weighted by atomic mass is 16.6. The lowest BCUT2D eigenvalue weighted by Crippen LogP contribution is -2.27. The van der Waals surface area contributed by atoms with Crippen molar-refractivity contribution in [2.45, 2.75) is 26.4 Å². The Morgan fingerprint density at radius 2 is 2.00 bits per heavy atom. The number of carbonyl (C=O) groups is 2. The number of carboxylic acid groups (broad SMARTS) is 1. The number of ether oxygens (including phenoxy) is 1. The number of hydrogen-bond donors (Lipinski definition) is 2. The number of rotatable bonds is 2. The number of nitrogens with zero attached hydrogens (tertiary/aromatic N) is 2. The second kappa shape index (κ2) is 4.77. The molecule has 0 aromatic carbocycles. The van der Waals surface area contributed by atoms with Crippen LogP contribution >= 0.6 is 0 Å². The van der Waals surface area contributed by atoms with Crippen LogP contribution in [0.25, 0.3) is 0 Å². The SMILES string of the molecule is CC(C)(C)OC(=O)Nc1cc(C(=O)O)ncn1. The first-order valence-corrected chi connectivity index (χ1v) is 4.83. The van der Waals surface area contributed by atoms with E-state index in [2.05, 4.69) is 15.3 Å². The average Bonchev–Trinajstić information content (AvgIpc) is 2.14. The van der Waals surface area contributed by atoms with Crippen molar-refractivity contribution in [1.29, 1.82) is 0 Å². The quantitative estimate of drug-likeness (QED) is 0.811. The van der Waals surface area contributed by atoms with Crippen molar-refractivity contribution in [3.05, 3.63) is 18.1 Å². The molecule has 1 aromatic rings. The lowest BCUT2D eigenvalue weighted by Gasteiger charge is -2.19. The highest BCUT2D eigenvalue weighted by Crippen LogP contribution is 2.10. The molecule has 7 heteroatoms. The summed E-state index contributed by atoms with van der Waals surface area (Å²) in [6.07, 6.45) is 0.350. The summed E-state index contributed by atoms with van der Waals surface area (Å²) in [5.41, 5.74) is -0.835. The number of carbonyl (C=O) groups excluding carboxylic acids is 1. The molecule has 0 radical (unpaired) electrons. The summed E-state index contributed by atoms with van der Waals surface area (Å²) in [6, 6.07) is 1.15. The zero-order valence-electron chi connectivity index (χ0n) is 9.72. The van der Waals surface area contributed by atoms with E-state index in [1.54, 1.807) is 20.8 Å². The molecule has 1 heterocycles. The Morgan fingerprint density at radius 1 is 1.35 bits per heavy atom. The number of anilines is 1. The van der Waals surface area contributed by atoms with Crippen molar-refractivity contribution in [3.8, 4) is 0 Å². The summed E-state index contributed by atoms with van der Waals surface area (Å²) < 4.78 is 4.98. The number of hydrogen-bond acceptors (Lipinski definition) is 5. The van der Waals surface area contributed by atoms with Gasteiger partial charge in [0.05, 0.1) is 0 Å². The average molecular weight is 239 g/mol. The molecule has 0 saturated carbocycles.